The van der Waals surface area contributed by atoms with Crippen molar-refractivity contribution in [1.82, 2.24) is 4.90 Å². The number of rotatable bonds is 12. The molecular formula is C16H32N2Na. The van der Waals surface area contributed by atoms with Crippen LogP contribution in [0.25, 0.3) is 0 Å². The van der Waals surface area contributed by atoms with E-state index in [1.54, 1.807) is 0 Å². The van der Waals surface area contributed by atoms with Crippen molar-refractivity contribution in [3.8, 4) is 0 Å². The van der Waals surface area contributed by atoms with Crippen LogP contribution in [0.4, 0.5) is 0 Å². The summed E-state index contributed by atoms with van der Waals surface area (Å²) in [6, 6.07) is 0. The largest absolute Gasteiger partial charge is 0.361 e. The minimum atomic E-state index is 0. The molecule has 3 heteroatoms. The van der Waals surface area contributed by atoms with Crippen molar-refractivity contribution in [2.75, 3.05) is 19.6 Å². The van der Waals surface area contributed by atoms with Crippen LogP contribution in [0.2, 0.25) is 0 Å². The number of hydrogen-bond donors (Lipinski definition) is 0. The Morgan fingerprint density at radius 2 is 1.37 bits per heavy atom. The maximum atomic E-state index is 4.24. The van der Waals surface area contributed by atoms with Gasteiger partial charge in [0.2, 0.25) is 0 Å². The van der Waals surface area contributed by atoms with E-state index < -0.39 is 0 Å². The molecule has 0 fully saturated rings. The summed E-state index contributed by atoms with van der Waals surface area (Å²) in [6.45, 7) is 5.67. The van der Waals surface area contributed by atoms with Gasteiger partial charge < -0.3 is 4.90 Å². The van der Waals surface area contributed by atoms with E-state index in [1.807, 2.05) is 6.34 Å². The molecule has 0 saturated heterocycles. The average Bonchev–Trinajstić information content (AvgIpc) is 2.89. The van der Waals surface area contributed by atoms with Crippen LogP contribution in [0.5, 0.6) is 0 Å². The first-order valence-corrected chi connectivity index (χ1v) is 8.17. The van der Waals surface area contributed by atoms with Crippen molar-refractivity contribution in [2.45, 2.75) is 77.6 Å². The number of hydrogen-bond acceptors (Lipinski definition) is 2. The first kappa shape index (κ1) is 19.5. The molecule has 0 N–H and O–H groups in total. The fourth-order valence-corrected chi connectivity index (χ4v) is 2.57. The molecule has 1 radical (unpaired) electrons. The van der Waals surface area contributed by atoms with Crippen molar-refractivity contribution >= 4 is 35.9 Å². The van der Waals surface area contributed by atoms with Gasteiger partial charge in [0.15, 0.2) is 0 Å². The van der Waals surface area contributed by atoms with Gasteiger partial charge in [-0.05, 0) is 6.42 Å². The normalized spacial score (nSPS) is 13.8. The molecule has 1 aliphatic rings. The van der Waals surface area contributed by atoms with Crippen molar-refractivity contribution in [3.05, 3.63) is 0 Å². The Bertz CT molecular complexity index is 207. The summed E-state index contributed by atoms with van der Waals surface area (Å²) in [7, 11) is 0. The zero-order valence-electron chi connectivity index (χ0n) is 13.4. The first-order chi connectivity index (χ1) is 8.93. The third-order valence-electron chi connectivity index (χ3n) is 3.81. The van der Waals surface area contributed by atoms with Gasteiger partial charge in [0.1, 0.15) is 0 Å². The minimum absolute atomic E-state index is 0. The van der Waals surface area contributed by atoms with Gasteiger partial charge in [-0.3, -0.25) is 4.99 Å². The van der Waals surface area contributed by atoms with Crippen molar-refractivity contribution in [2.24, 2.45) is 4.99 Å². The molecule has 0 aromatic carbocycles. The van der Waals surface area contributed by atoms with Gasteiger partial charge in [-0.2, -0.15) is 0 Å². The Morgan fingerprint density at radius 1 is 0.842 bits per heavy atom. The van der Waals surface area contributed by atoms with E-state index >= 15 is 0 Å². The van der Waals surface area contributed by atoms with Crippen LogP contribution in [0.15, 0.2) is 4.99 Å². The molecule has 1 heterocycles. The molecule has 0 amide bonds. The summed E-state index contributed by atoms with van der Waals surface area (Å²) in [4.78, 5) is 6.59. The molecular weight excluding hydrogens is 243 g/mol. The average molecular weight is 275 g/mol. The van der Waals surface area contributed by atoms with Gasteiger partial charge in [-0.15, -0.1) is 0 Å². The molecule has 0 aliphatic carbocycles. The molecule has 0 spiro atoms. The summed E-state index contributed by atoms with van der Waals surface area (Å²) in [6.07, 6.45) is 17.7. The zero-order chi connectivity index (χ0) is 12.9. The van der Waals surface area contributed by atoms with Gasteiger partial charge in [-0.25, -0.2) is 0 Å². The Morgan fingerprint density at radius 3 is 1.84 bits per heavy atom. The molecule has 0 aromatic rings. The van der Waals surface area contributed by atoms with E-state index in [0.717, 1.165) is 13.1 Å². The van der Waals surface area contributed by atoms with Crippen LogP contribution in [0, 0.1) is 0 Å². The quantitative estimate of drug-likeness (QED) is 0.384. The van der Waals surface area contributed by atoms with Crippen molar-refractivity contribution in [1.29, 1.82) is 0 Å². The molecule has 19 heavy (non-hydrogen) atoms. The second kappa shape index (κ2) is 14.9. The maximum absolute atomic E-state index is 4.24. The topological polar surface area (TPSA) is 15.6 Å². The van der Waals surface area contributed by atoms with Gasteiger partial charge >= 0.3 is 0 Å². The van der Waals surface area contributed by atoms with E-state index in [1.165, 1.54) is 77.2 Å². The van der Waals surface area contributed by atoms with Crippen LogP contribution in [0.3, 0.4) is 0 Å². The van der Waals surface area contributed by atoms with Crippen molar-refractivity contribution in [3.63, 3.8) is 0 Å². The summed E-state index contributed by atoms with van der Waals surface area (Å²) in [5.41, 5.74) is 0. The van der Waals surface area contributed by atoms with Crippen LogP contribution < -0.4 is 0 Å². The molecule has 0 bridgehead atoms. The van der Waals surface area contributed by atoms with Gasteiger partial charge in [0.25, 0.3) is 0 Å². The summed E-state index contributed by atoms with van der Waals surface area (Å²) in [5, 5.41) is 0. The third-order valence-corrected chi connectivity index (χ3v) is 3.81. The summed E-state index contributed by atoms with van der Waals surface area (Å²) < 4.78 is 0. The first-order valence-electron chi connectivity index (χ1n) is 8.17. The van der Waals surface area contributed by atoms with Gasteiger partial charge in [0, 0.05) is 42.6 Å². The Kier molecular flexibility index (Phi) is 15.2. The molecule has 1 rings (SSSR count). The fraction of sp³-hybridized carbons (Fsp3) is 0.938. The monoisotopic (exact) mass is 275 g/mol. The molecule has 0 saturated carbocycles. The number of nitrogens with zero attached hydrogens (tertiary/aromatic N) is 2. The molecule has 107 valence electrons. The summed E-state index contributed by atoms with van der Waals surface area (Å²) >= 11 is 0. The van der Waals surface area contributed by atoms with Gasteiger partial charge in [-0.1, -0.05) is 71.1 Å². The molecule has 0 atom stereocenters. The maximum Gasteiger partial charge on any atom is 0.0851 e. The smallest absolute Gasteiger partial charge is 0.0851 e. The fourth-order valence-electron chi connectivity index (χ4n) is 2.57. The third kappa shape index (κ3) is 12.0. The van der Waals surface area contributed by atoms with E-state index in [9.17, 15) is 0 Å². The predicted octanol–water partition coefficient (Wildman–Crippen LogP) is 4.26. The van der Waals surface area contributed by atoms with Gasteiger partial charge in [0.05, 0.1) is 12.9 Å². The standard InChI is InChI=1S/C16H32N2.Na/c1-2-3-4-5-6-7-8-9-10-11-12-14-18-15-13-17-16-18;/h16H,2-15H2,1H3;. The Balaban J connectivity index is 0.00000324. The van der Waals surface area contributed by atoms with E-state index in [0.29, 0.717) is 0 Å². The summed E-state index contributed by atoms with van der Waals surface area (Å²) in [5.74, 6) is 0. The number of unbranched alkanes of at least 4 members (excludes halogenated alkanes) is 10. The predicted molar refractivity (Wildman–Crippen MR) is 87.1 cm³/mol. The van der Waals surface area contributed by atoms with Crippen LogP contribution >= 0.6 is 0 Å². The second-order valence-corrected chi connectivity index (χ2v) is 5.59. The molecule has 0 unspecified atom stereocenters. The zero-order valence-corrected chi connectivity index (χ0v) is 15.4. The SMILES string of the molecule is CCCCCCCCCCCCCN1C=NCC1.[Na]. The number of aliphatic imine (C=N–C) groups is 1. The van der Waals surface area contributed by atoms with E-state index in [-0.39, 0.29) is 29.6 Å². The van der Waals surface area contributed by atoms with Crippen LogP contribution in [-0.2, 0) is 0 Å². The van der Waals surface area contributed by atoms with Crippen LogP contribution in [-0.4, -0.2) is 60.4 Å². The van der Waals surface area contributed by atoms with Crippen molar-refractivity contribution < 1.29 is 0 Å². The molecule has 2 nitrogen and oxygen atoms in total. The van der Waals surface area contributed by atoms with E-state index in [4.69, 9.17) is 0 Å². The minimum Gasteiger partial charge on any atom is -0.361 e. The second-order valence-electron chi connectivity index (χ2n) is 5.59. The van der Waals surface area contributed by atoms with Crippen LogP contribution in [0.1, 0.15) is 77.6 Å². The van der Waals surface area contributed by atoms with E-state index in [2.05, 4.69) is 16.8 Å². The Labute approximate surface area is 142 Å². The Hall–Kier alpha value is 0.470. The molecule has 1 aliphatic heterocycles. The molecule has 0 aromatic heterocycles.